The summed E-state index contributed by atoms with van der Waals surface area (Å²) in [6.07, 6.45) is 0. The van der Waals surface area contributed by atoms with Gasteiger partial charge >= 0.3 is 0 Å². The van der Waals surface area contributed by atoms with E-state index in [1.54, 1.807) is 32.4 Å². The summed E-state index contributed by atoms with van der Waals surface area (Å²) in [5.74, 6) is 1.24. The number of benzene rings is 1. The summed E-state index contributed by atoms with van der Waals surface area (Å²) in [5, 5.41) is 0. The van der Waals surface area contributed by atoms with Gasteiger partial charge in [-0.15, -0.1) is 0 Å². The van der Waals surface area contributed by atoms with E-state index in [9.17, 15) is 4.79 Å². The van der Waals surface area contributed by atoms with Crippen molar-refractivity contribution in [3.63, 3.8) is 0 Å². The Hall–Kier alpha value is -2.76. The molecule has 0 bridgehead atoms. The van der Waals surface area contributed by atoms with Crippen LogP contribution in [-0.4, -0.2) is 56.2 Å². The maximum Gasteiger partial charge on any atom is 0.272 e. The Morgan fingerprint density at radius 2 is 1.71 bits per heavy atom. The highest BCUT2D eigenvalue weighted by molar-refractivity contribution is 5.92. The number of anilines is 1. The quantitative estimate of drug-likeness (QED) is 0.860. The van der Waals surface area contributed by atoms with Crippen LogP contribution < -0.4 is 14.4 Å². The van der Waals surface area contributed by atoms with E-state index in [0.29, 0.717) is 24.7 Å². The predicted octanol–water partition coefficient (Wildman–Crippen LogP) is 2.06. The van der Waals surface area contributed by atoms with E-state index in [2.05, 4.69) is 9.88 Å². The second-order valence-corrected chi connectivity index (χ2v) is 5.52. The summed E-state index contributed by atoms with van der Waals surface area (Å²) in [5.41, 5.74) is 1.48. The summed E-state index contributed by atoms with van der Waals surface area (Å²) >= 11 is 0. The molecule has 2 aromatic rings. The number of carbonyl (C=O) groups excluding carboxylic acids is 1. The van der Waals surface area contributed by atoms with Gasteiger partial charge in [0, 0.05) is 32.2 Å². The Labute approximate surface area is 141 Å². The summed E-state index contributed by atoms with van der Waals surface area (Å²) < 4.78 is 10.5. The van der Waals surface area contributed by atoms with Crippen molar-refractivity contribution in [3.05, 3.63) is 48.2 Å². The molecule has 0 spiro atoms. The summed E-state index contributed by atoms with van der Waals surface area (Å²) in [7, 11) is 3.22. The third-order valence-electron chi connectivity index (χ3n) is 4.14. The second-order valence-electron chi connectivity index (χ2n) is 5.52. The van der Waals surface area contributed by atoms with Crippen molar-refractivity contribution in [2.24, 2.45) is 0 Å². The molecule has 1 aromatic carbocycles. The van der Waals surface area contributed by atoms with Gasteiger partial charge in [0.25, 0.3) is 5.91 Å². The largest absolute Gasteiger partial charge is 0.495 e. The normalized spacial score (nSPS) is 14.4. The molecule has 0 atom stereocenters. The summed E-state index contributed by atoms with van der Waals surface area (Å²) in [4.78, 5) is 20.9. The molecule has 1 aliphatic heterocycles. The predicted molar refractivity (Wildman–Crippen MR) is 91.9 cm³/mol. The van der Waals surface area contributed by atoms with Crippen molar-refractivity contribution in [1.82, 2.24) is 9.88 Å². The topological polar surface area (TPSA) is 54.9 Å². The van der Waals surface area contributed by atoms with Gasteiger partial charge in [0.2, 0.25) is 5.88 Å². The van der Waals surface area contributed by atoms with Gasteiger partial charge in [-0.25, -0.2) is 4.98 Å². The van der Waals surface area contributed by atoms with E-state index in [0.717, 1.165) is 24.5 Å². The van der Waals surface area contributed by atoms with Crippen LogP contribution in [0.3, 0.4) is 0 Å². The number of carbonyl (C=O) groups is 1. The molecule has 6 nitrogen and oxygen atoms in total. The van der Waals surface area contributed by atoms with E-state index in [-0.39, 0.29) is 5.91 Å². The first-order chi connectivity index (χ1) is 11.7. The Balaban J connectivity index is 1.67. The van der Waals surface area contributed by atoms with Gasteiger partial charge < -0.3 is 19.3 Å². The lowest BCUT2D eigenvalue weighted by Gasteiger charge is -2.36. The fraction of sp³-hybridized carbons (Fsp3) is 0.333. The van der Waals surface area contributed by atoms with Gasteiger partial charge in [0.1, 0.15) is 11.4 Å². The monoisotopic (exact) mass is 327 g/mol. The van der Waals surface area contributed by atoms with Gasteiger partial charge in [-0.1, -0.05) is 18.2 Å². The number of ether oxygens (including phenoxy) is 2. The van der Waals surface area contributed by atoms with Crippen molar-refractivity contribution in [1.29, 1.82) is 0 Å². The zero-order chi connectivity index (χ0) is 16.9. The van der Waals surface area contributed by atoms with Crippen molar-refractivity contribution < 1.29 is 14.3 Å². The lowest BCUT2D eigenvalue weighted by atomic mass is 10.2. The van der Waals surface area contributed by atoms with Gasteiger partial charge in [0.15, 0.2) is 0 Å². The van der Waals surface area contributed by atoms with Gasteiger partial charge in [-0.05, 0) is 18.2 Å². The van der Waals surface area contributed by atoms with Crippen LogP contribution in [0.1, 0.15) is 10.5 Å². The lowest BCUT2D eigenvalue weighted by Crippen LogP contribution is -2.49. The molecule has 1 aliphatic rings. The van der Waals surface area contributed by atoms with E-state index < -0.39 is 0 Å². The van der Waals surface area contributed by atoms with Crippen molar-refractivity contribution in [2.45, 2.75) is 0 Å². The molecule has 0 aliphatic carbocycles. The number of aromatic nitrogens is 1. The average Bonchev–Trinajstić information content (AvgIpc) is 2.67. The zero-order valence-electron chi connectivity index (χ0n) is 13.9. The molecule has 24 heavy (non-hydrogen) atoms. The van der Waals surface area contributed by atoms with Crippen LogP contribution in [0.5, 0.6) is 11.6 Å². The fourth-order valence-corrected chi connectivity index (χ4v) is 2.85. The molecular formula is C18H21N3O3. The van der Waals surface area contributed by atoms with E-state index >= 15 is 0 Å². The van der Waals surface area contributed by atoms with Crippen molar-refractivity contribution >= 4 is 11.6 Å². The number of piperazine rings is 1. The molecule has 3 rings (SSSR count). The Morgan fingerprint density at radius 3 is 2.42 bits per heavy atom. The molecule has 0 radical (unpaired) electrons. The van der Waals surface area contributed by atoms with Crippen molar-refractivity contribution in [2.75, 3.05) is 45.3 Å². The van der Waals surface area contributed by atoms with E-state index in [4.69, 9.17) is 9.47 Å². The number of hydrogen-bond acceptors (Lipinski definition) is 5. The highest BCUT2D eigenvalue weighted by Gasteiger charge is 2.24. The molecule has 1 saturated heterocycles. The van der Waals surface area contributed by atoms with Crippen LogP contribution in [0.2, 0.25) is 0 Å². The third kappa shape index (κ3) is 3.27. The van der Waals surface area contributed by atoms with Crippen LogP contribution in [-0.2, 0) is 0 Å². The number of para-hydroxylation sites is 2. The first-order valence-corrected chi connectivity index (χ1v) is 7.91. The van der Waals surface area contributed by atoms with E-state index in [1.807, 2.05) is 29.2 Å². The maximum atomic E-state index is 12.6. The first-order valence-electron chi connectivity index (χ1n) is 7.91. The molecular weight excluding hydrogens is 306 g/mol. The maximum absolute atomic E-state index is 12.6. The second kappa shape index (κ2) is 7.21. The number of pyridine rings is 1. The molecule has 1 fully saturated rings. The SMILES string of the molecule is COc1cccc(C(=O)N2CCN(c3ccccc3OC)CC2)n1. The number of amides is 1. The van der Waals surface area contributed by atoms with Crippen LogP contribution in [0.25, 0.3) is 0 Å². The number of nitrogens with zero attached hydrogens (tertiary/aromatic N) is 3. The molecule has 1 aromatic heterocycles. The highest BCUT2D eigenvalue weighted by atomic mass is 16.5. The van der Waals surface area contributed by atoms with E-state index in [1.165, 1.54) is 0 Å². The smallest absolute Gasteiger partial charge is 0.272 e. The minimum absolute atomic E-state index is 0.0615. The molecule has 1 amide bonds. The molecule has 2 heterocycles. The van der Waals surface area contributed by atoms with Crippen LogP contribution in [0, 0.1) is 0 Å². The van der Waals surface area contributed by atoms with Gasteiger partial charge in [-0.3, -0.25) is 4.79 Å². The minimum Gasteiger partial charge on any atom is -0.495 e. The molecule has 0 saturated carbocycles. The Morgan fingerprint density at radius 1 is 0.958 bits per heavy atom. The summed E-state index contributed by atoms with van der Waals surface area (Å²) in [6, 6.07) is 13.2. The first kappa shape index (κ1) is 16.1. The Kier molecular flexibility index (Phi) is 4.84. The molecule has 126 valence electrons. The molecule has 6 heteroatoms. The van der Waals surface area contributed by atoms with Crippen LogP contribution >= 0.6 is 0 Å². The molecule has 0 unspecified atom stereocenters. The van der Waals surface area contributed by atoms with Crippen LogP contribution in [0.4, 0.5) is 5.69 Å². The zero-order valence-corrected chi connectivity index (χ0v) is 13.9. The fourth-order valence-electron chi connectivity index (χ4n) is 2.85. The number of hydrogen-bond donors (Lipinski definition) is 0. The highest BCUT2D eigenvalue weighted by Crippen LogP contribution is 2.28. The molecule has 0 N–H and O–H groups in total. The minimum atomic E-state index is -0.0615. The third-order valence-corrected chi connectivity index (χ3v) is 4.14. The standard InChI is InChI=1S/C18H21N3O3/c1-23-16-8-4-3-7-15(16)20-10-12-21(13-11-20)18(22)14-6-5-9-17(19-14)24-2/h3-9H,10-13H2,1-2H3. The van der Waals surface area contributed by atoms with Gasteiger partial charge in [0.05, 0.1) is 19.9 Å². The lowest BCUT2D eigenvalue weighted by molar-refractivity contribution is 0.0740. The Bertz CT molecular complexity index is 712. The van der Waals surface area contributed by atoms with Gasteiger partial charge in [-0.2, -0.15) is 0 Å². The van der Waals surface area contributed by atoms with Crippen molar-refractivity contribution in [3.8, 4) is 11.6 Å². The van der Waals surface area contributed by atoms with Crippen LogP contribution in [0.15, 0.2) is 42.5 Å². The number of methoxy groups -OCH3 is 2. The summed E-state index contributed by atoms with van der Waals surface area (Å²) in [6.45, 7) is 2.82. The number of rotatable bonds is 4. The average molecular weight is 327 g/mol.